The number of carbonyl (C=O) groups is 1. The van der Waals surface area contributed by atoms with Gasteiger partial charge >= 0.3 is 0 Å². The molecule has 1 saturated heterocycles. The van der Waals surface area contributed by atoms with Crippen LogP contribution in [0.3, 0.4) is 0 Å². The molecule has 1 aliphatic rings. The van der Waals surface area contributed by atoms with Gasteiger partial charge in [0, 0.05) is 11.6 Å². The molecule has 1 amide bonds. The molecule has 1 fully saturated rings. The van der Waals surface area contributed by atoms with Gasteiger partial charge in [-0.25, -0.2) is 8.42 Å². The summed E-state index contributed by atoms with van der Waals surface area (Å²) in [4.78, 5) is 12.3. The molecule has 3 N–H and O–H groups in total. The topological polar surface area (TPSA) is 87.3 Å². The number of rotatable bonds is 6. The third-order valence-corrected chi connectivity index (χ3v) is 6.16. The summed E-state index contributed by atoms with van der Waals surface area (Å²) in [5.74, 6) is -0.327. The lowest BCUT2D eigenvalue weighted by Gasteiger charge is -2.34. The fourth-order valence-corrected chi connectivity index (χ4v) is 3.96. The van der Waals surface area contributed by atoms with Crippen molar-refractivity contribution in [2.45, 2.75) is 37.6 Å². The molecule has 0 aromatic heterocycles. The second-order valence-corrected chi connectivity index (χ2v) is 8.73. The first-order valence-electron chi connectivity index (χ1n) is 7.98. The van der Waals surface area contributed by atoms with Crippen molar-refractivity contribution in [3.05, 3.63) is 29.3 Å². The van der Waals surface area contributed by atoms with Gasteiger partial charge in [-0.1, -0.05) is 18.5 Å². The van der Waals surface area contributed by atoms with Crippen LogP contribution in [0.1, 0.15) is 26.7 Å². The van der Waals surface area contributed by atoms with E-state index in [-0.39, 0.29) is 28.6 Å². The summed E-state index contributed by atoms with van der Waals surface area (Å²) in [6, 6.07) is 4.96. The van der Waals surface area contributed by atoms with Crippen molar-refractivity contribution in [1.29, 1.82) is 0 Å². The van der Waals surface area contributed by atoms with Crippen LogP contribution in [0.4, 0.5) is 0 Å². The van der Waals surface area contributed by atoms with E-state index >= 15 is 0 Å². The van der Waals surface area contributed by atoms with Gasteiger partial charge in [0.1, 0.15) is 0 Å². The van der Waals surface area contributed by atoms with Crippen molar-refractivity contribution in [3.63, 3.8) is 0 Å². The Morgan fingerprint density at radius 3 is 2.40 bits per heavy atom. The monoisotopic (exact) mass is 409 g/mol. The number of sulfonamides is 1. The Morgan fingerprint density at radius 2 is 1.84 bits per heavy atom. The van der Waals surface area contributed by atoms with E-state index in [0.29, 0.717) is 11.6 Å². The van der Waals surface area contributed by atoms with Crippen molar-refractivity contribution in [2.24, 2.45) is 5.41 Å². The SMILES string of the molecule is CC(NS(=O)(=O)c1ccc(Cl)cc1)C(=O)NCC1(C)CCNCC1.Cl. The van der Waals surface area contributed by atoms with Gasteiger partial charge in [0.05, 0.1) is 10.9 Å². The van der Waals surface area contributed by atoms with E-state index in [1.165, 1.54) is 31.2 Å². The number of halogens is 2. The lowest BCUT2D eigenvalue weighted by molar-refractivity contribution is -0.122. The summed E-state index contributed by atoms with van der Waals surface area (Å²) in [7, 11) is -3.76. The van der Waals surface area contributed by atoms with Gasteiger partial charge in [-0.3, -0.25) is 4.79 Å². The minimum absolute atomic E-state index is 0. The first kappa shape index (κ1) is 22.2. The highest BCUT2D eigenvalue weighted by Crippen LogP contribution is 2.26. The summed E-state index contributed by atoms with van der Waals surface area (Å²) in [5, 5.41) is 6.60. The van der Waals surface area contributed by atoms with E-state index in [9.17, 15) is 13.2 Å². The Kier molecular flexibility index (Phi) is 8.15. The highest BCUT2D eigenvalue weighted by molar-refractivity contribution is 7.89. The molecule has 0 aliphatic carbocycles. The average Bonchev–Trinajstić information content (AvgIpc) is 2.53. The Bertz CT molecular complexity index is 674. The number of nitrogens with one attached hydrogen (secondary N) is 3. The molecule has 0 radical (unpaired) electrons. The molecule has 6 nitrogen and oxygen atoms in total. The quantitative estimate of drug-likeness (QED) is 0.669. The predicted octanol–water partition coefficient (Wildman–Crippen LogP) is 1.93. The van der Waals surface area contributed by atoms with Gasteiger partial charge in [0.15, 0.2) is 0 Å². The zero-order valence-corrected chi connectivity index (χ0v) is 16.7. The van der Waals surface area contributed by atoms with E-state index in [4.69, 9.17) is 11.6 Å². The number of hydrogen-bond donors (Lipinski definition) is 3. The second-order valence-electron chi connectivity index (χ2n) is 6.58. The third kappa shape index (κ3) is 6.42. The van der Waals surface area contributed by atoms with Crippen molar-refractivity contribution in [1.82, 2.24) is 15.4 Å². The molecule has 1 atom stereocenters. The Hall–Kier alpha value is -0.860. The molecule has 2 rings (SSSR count). The van der Waals surface area contributed by atoms with Crippen LogP contribution in [-0.4, -0.2) is 40.0 Å². The molecule has 1 heterocycles. The fourth-order valence-electron chi connectivity index (χ4n) is 2.63. The summed E-state index contributed by atoms with van der Waals surface area (Å²) >= 11 is 5.76. The largest absolute Gasteiger partial charge is 0.354 e. The molecule has 25 heavy (non-hydrogen) atoms. The number of carbonyl (C=O) groups excluding carboxylic acids is 1. The van der Waals surface area contributed by atoms with E-state index in [1.54, 1.807) is 0 Å². The zero-order chi connectivity index (χ0) is 17.8. The van der Waals surface area contributed by atoms with Crippen molar-refractivity contribution < 1.29 is 13.2 Å². The molecule has 0 spiro atoms. The van der Waals surface area contributed by atoms with Crippen LogP contribution in [0.15, 0.2) is 29.2 Å². The second kappa shape index (κ2) is 9.19. The molecular weight excluding hydrogens is 385 g/mol. The standard InChI is InChI=1S/C16H24ClN3O3S.ClH/c1-12(15(21)19-11-16(2)7-9-18-10-8-16)20-24(22,23)14-5-3-13(17)4-6-14;/h3-6,12,18,20H,7-11H2,1-2H3,(H,19,21);1H. The summed E-state index contributed by atoms with van der Waals surface area (Å²) in [5.41, 5.74) is 0.0513. The van der Waals surface area contributed by atoms with Crippen molar-refractivity contribution in [2.75, 3.05) is 19.6 Å². The molecule has 142 valence electrons. The molecule has 0 saturated carbocycles. The Balaban J connectivity index is 0.00000312. The van der Waals surface area contributed by atoms with Crippen LogP contribution in [-0.2, 0) is 14.8 Å². The van der Waals surface area contributed by atoms with Crippen LogP contribution >= 0.6 is 24.0 Å². The average molecular weight is 410 g/mol. The lowest BCUT2D eigenvalue weighted by Crippen LogP contribution is -2.49. The maximum atomic E-state index is 12.3. The summed E-state index contributed by atoms with van der Waals surface area (Å²) in [6.07, 6.45) is 1.97. The first-order chi connectivity index (χ1) is 11.2. The molecule has 1 aromatic rings. The maximum Gasteiger partial charge on any atom is 0.241 e. The third-order valence-electron chi connectivity index (χ3n) is 4.35. The van der Waals surface area contributed by atoms with Gasteiger partial charge in [-0.15, -0.1) is 12.4 Å². The van der Waals surface area contributed by atoms with Gasteiger partial charge in [-0.05, 0) is 62.5 Å². The normalized spacial score (nSPS) is 18.0. The van der Waals surface area contributed by atoms with Gasteiger partial charge in [0.2, 0.25) is 15.9 Å². The number of hydrogen-bond acceptors (Lipinski definition) is 4. The molecule has 1 aliphatic heterocycles. The van der Waals surface area contributed by atoms with Crippen LogP contribution in [0.25, 0.3) is 0 Å². The zero-order valence-electron chi connectivity index (χ0n) is 14.3. The Labute approximate surface area is 160 Å². The van der Waals surface area contributed by atoms with Crippen LogP contribution < -0.4 is 15.4 Å². The van der Waals surface area contributed by atoms with Crippen LogP contribution in [0.5, 0.6) is 0 Å². The molecule has 9 heteroatoms. The highest BCUT2D eigenvalue weighted by atomic mass is 35.5. The minimum atomic E-state index is -3.76. The summed E-state index contributed by atoms with van der Waals surface area (Å²) < 4.78 is 27.0. The van der Waals surface area contributed by atoms with Crippen molar-refractivity contribution in [3.8, 4) is 0 Å². The molecule has 1 unspecified atom stereocenters. The van der Waals surface area contributed by atoms with Crippen LogP contribution in [0.2, 0.25) is 5.02 Å². The lowest BCUT2D eigenvalue weighted by atomic mass is 9.81. The summed E-state index contributed by atoms with van der Waals surface area (Å²) in [6.45, 7) is 6.08. The van der Waals surface area contributed by atoms with Gasteiger partial charge in [-0.2, -0.15) is 4.72 Å². The number of amides is 1. The minimum Gasteiger partial charge on any atom is -0.354 e. The molecular formula is C16H25Cl2N3O3S. The van der Waals surface area contributed by atoms with E-state index in [2.05, 4.69) is 22.3 Å². The first-order valence-corrected chi connectivity index (χ1v) is 9.84. The molecule has 1 aromatic carbocycles. The van der Waals surface area contributed by atoms with Crippen molar-refractivity contribution >= 4 is 39.9 Å². The number of benzene rings is 1. The Morgan fingerprint density at radius 1 is 1.28 bits per heavy atom. The smallest absolute Gasteiger partial charge is 0.241 e. The van der Waals surface area contributed by atoms with Gasteiger partial charge < -0.3 is 10.6 Å². The number of piperidine rings is 1. The van der Waals surface area contributed by atoms with Gasteiger partial charge in [0.25, 0.3) is 0 Å². The molecule has 0 bridgehead atoms. The predicted molar refractivity (Wildman–Crippen MR) is 102 cm³/mol. The fraction of sp³-hybridized carbons (Fsp3) is 0.562. The van der Waals surface area contributed by atoms with E-state index in [0.717, 1.165) is 25.9 Å². The maximum absolute atomic E-state index is 12.3. The van der Waals surface area contributed by atoms with E-state index < -0.39 is 16.1 Å². The van der Waals surface area contributed by atoms with E-state index in [1.807, 2.05) is 0 Å². The van der Waals surface area contributed by atoms with Crippen LogP contribution in [0, 0.1) is 5.41 Å². The highest BCUT2D eigenvalue weighted by Gasteiger charge is 2.28.